The molecule has 0 nitrogen and oxygen atoms in total. The van der Waals surface area contributed by atoms with Crippen molar-refractivity contribution in [2.24, 2.45) is 0 Å². The van der Waals surface area contributed by atoms with Crippen LogP contribution >= 0.6 is 0 Å². The van der Waals surface area contributed by atoms with E-state index in [0.717, 1.165) is 0 Å². The van der Waals surface area contributed by atoms with E-state index in [9.17, 15) is 0 Å². The van der Waals surface area contributed by atoms with E-state index in [-0.39, 0.29) is 153 Å². The second kappa shape index (κ2) is 47.4. The average molecular weight is 448 g/mol. The average Bonchev–Trinajstić information content (AvgIpc) is 0. The number of hydrogen-bond donors (Lipinski definition) is 0. The summed E-state index contributed by atoms with van der Waals surface area (Å²) < 4.78 is 0. The Bertz CT molecular complexity index is 8.04. The van der Waals surface area contributed by atoms with Gasteiger partial charge in [0.2, 0.25) is 0 Å². The second-order valence-electron chi connectivity index (χ2n) is 0. The predicted molar refractivity (Wildman–Crippen MR) is 0 cm³/mol. The van der Waals surface area contributed by atoms with E-state index >= 15 is 0 Å². The van der Waals surface area contributed by atoms with Crippen LogP contribution < -0.4 is 113 Å². The Morgan fingerprint density at radius 1 is 0.429 bits per heavy atom. The van der Waals surface area contributed by atoms with Gasteiger partial charge in [0, 0.05) is 0 Å². The summed E-state index contributed by atoms with van der Waals surface area (Å²) in [6.07, 6.45) is 0. The molecule has 0 fully saturated rings. The quantitative estimate of drug-likeness (QED) is 0.323. The Kier molecular flexibility index (Phi) is 430. The van der Waals surface area contributed by atoms with Gasteiger partial charge >= 0.3 is 91.3 Å². The Labute approximate surface area is 149 Å². The van der Waals surface area contributed by atoms with E-state index in [1.54, 1.807) is 0 Å². The van der Waals surface area contributed by atoms with Crippen LogP contribution in [0.1, 0.15) is 0 Å². The van der Waals surface area contributed by atoms with Crippen molar-refractivity contribution in [3.8, 4) is 0 Å². The van der Waals surface area contributed by atoms with Gasteiger partial charge in [-0.25, -0.2) is 0 Å². The summed E-state index contributed by atoms with van der Waals surface area (Å²) >= 11 is 0. The molecule has 0 radical (unpaired) electrons. The minimum Gasteiger partial charge on any atom is -1.00 e. The zero-order valence-corrected chi connectivity index (χ0v) is 14.4. The predicted octanol–water partition coefficient (Wildman–Crippen LogP) is -18.0. The minimum atomic E-state index is 0. The van der Waals surface area contributed by atoms with Gasteiger partial charge in [0.05, 0.1) is 0 Å². The molecule has 0 heterocycles. The fraction of sp³-hybridized carbons (Fsp3) is 0. The van der Waals surface area contributed by atoms with Gasteiger partial charge < -0.3 is 62.0 Å². The summed E-state index contributed by atoms with van der Waals surface area (Å²) in [7, 11) is 0. The number of rotatable bonds is 0. The van der Waals surface area contributed by atoms with Gasteiger partial charge in [-0.15, -0.1) is 0 Å². The van der Waals surface area contributed by atoms with Crippen LogP contribution in [-0.2, 0) is 0 Å². The van der Waals surface area contributed by atoms with E-state index in [1.165, 1.54) is 0 Å². The van der Waals surface area contributed by atoms with Crippen molar-refractivity contribution in [3.63, 3.8) is 0 Å². The van der Waals surface area contributed by atoms with Crippen molar-refractivity contribution < 1.29 is 153 Å². The first-order valence-electron chi connectivity index (χ1n) is 0. The van der Waals surface area contributed by atoms with Gasteiger partial charge in [0.25, 0.3) is 0 Å². The summed E-state index contributed by atoms with van der Waals surface area (Å²) in [5, 5.41) is 0. The molecule has 0 N–H and O–H groups in total. The molecule has 0 aliphatic rings. The van der Waals surface area contributed by atoms with E-state index in [4.69, 9.17) is 0 Å². The summed E-state index contributed by atoms with van der Waals surface area (Å²) in [5.74, 6) is 0. The maximum Gasteiger partial charge on any atom is 4.00 e. The van der Waals surface area contributed by atoms with E-state index in [1.807, 2.05) is 0 Å². The first-order chi connectivity index (χ1) is 0. The standard InChI is InChI=1S/5ClH.K.Th/h5*1H;;/q;;;;;+1;+4/p-5. The topological polar surface area (TPSA) is 0 Å². The molecule has 0 spiro atoms. The number of halogens is 5. The summed E-state index contributed by atoms with van der Waals surface area (Å²) in [5.41, 5.74) is 0. The van der Waals surface area contributed by atoms with Crippen LogP contribution in [0.15, 0.2) is 0 Å². The van der Waals surface area contributed by atoms with E-state index in [2.05, 4.69) is 0 Å². The molecule has 0 aliphatic carbocycles. The molecule has 7 heteroatoms. The molecule has 0 saturated carbocycles. The maximum absolute atomic E-state index is 0. The van der Waals surface area contributed by atoms with Crippen molar-refractivity contribution in [1.82, 2.24) is 0 Å². The minimum absolute atomic E-state index is 0. The molecule has 0 aliphatic heterocycles. The fourth-order valence-corrected chi connectivity index (χ4v) is 0. The van der Waals surface area contributed by atoms with Crippen molar-refractivity contribution in [2.45, 2.75) is 0 Å². The largest absolute Gasteiger partial charge is 4.00 e. The molecular formula is Cl5KTh. The third kappa shape index (κ3) is 37.9. The zero-order valence-electron chi connectivity index (χ0n) is 3.39. The Hall–Kier alpha value is 4.41. The molecular weight excluding hydrogens is 448 g/mol. The van der Waals surface area contributed by atoms with Crippen molar-refractivity contribution in [3.05, 3.63) is 0 Å². The molecule has 0 aromatic heterocycles. The maximum atomic E-state index is 0. The summed E-state index contributed by atoms with van der Waals surface area (Å²) in [4.78, 5) is 0. The van der Waals surface area contributed by atoms with Crippen LogP contribution in [0, 0.1) is 39.9 Å². The molecule has 7 heavy (non-hydrogen) atoms. The van der Waals surface area contributed by atoms with Crippen LogP contribution in [0.25, 0.3) is 0 Å². The molecule has 0 amide bonds. The molecule has 0 aromatic rings. The van der Waals surface area contributed by atoms with Crippen LogP contribution in [-0.4, -0.2) is 0 Å². The molecule has 0 aromatic carbocycles. The van der Waals surface area contributed by atoms with Crippen LogP contribution in [0.5, 0.6) is 0 Å². The molecule has 0 rings (SSSR count). The normalized spacial score (nSPS) is 0. The first-order valence-corrected chi connectivity index (χ1v) is 0. The summed E-state index contributed by atoms with van der Waals surface area (Å²) in [6, 6.07) is 0. The van der Waals surface area contributed by atoms with Crippen LogP contribution in [0.4, 0.5) is 0 Å². The van der Waals surface area contributed by atoms with Crippen LogP contribution in [0.3, 0.4) is 0 Å². The smallest absolute Gasteiger partial charge is 1.00 e. The Morgan fingerprint density at radius 2 is 0.429 bits per heavy atom. The Balaban J connectivity index is 0. The van der Waals surface area contributed by atoms with Gasteiger partial charge in [-0.3, -0.25) is 0 Å². The van der Waals surface area contributed by atoms with E-state index < -0.39 is 0 Å². The molecule has 0 saturated heterocycles. The SMILES string of the molecule is [Cl-].[Cl-].[Cl-].[Cl-].[Cl-].[K+].[Th+4]. The van der Waals surface area contributed by atoms with Crippen LogP contribution in [0.2, 0.25) is 0 Å². The van der Waals surface area contributed by atoms with Crippen molar-refractivity contribution in [2.75, 3.05) is 0 Å². The Morgan fingerprint density at radius 3 is 0.429 bits per heavy atom. The second-order valence-corrected chi connectivity index (χ2v) is 0. The number of hydrogen-bond acceptors (Lipinski definition) is 0. The molecule has 0 bridgehead atoms. The first kappa shape index (κ1) is 63.6. The van der Waals surface area contributed by atoms with Gasteiger partial charge in [0.1, 0.15) is 0 Å². The van der Waals surface area contributed by atoms with Gasteiger partial charge in [0.15, 0.2) is 0 Å². The van der Waals surface area contributed by atoms with E-state index in [0.29, 0.717) is 0 Å². The monoisotopic (exact) mass is 446 g/mol. The third-order valence-electron chi connectivity index (χ3n) is 0. The van der Waals surface area contributed by atoms with Gasteiger partial charge in [-0.1, -0.05) is 0 Å². The van der Waals surface area contributed by atoms with Gasteiger partial charge in [-0.05, 0) is 0 Å². The molecule has 0 unspecified atom stereocenters. The third-order valence-corrected chi connectivity index (χ3v) is 0. The molecule has 0 atom stereocenters. The van der Waals surface area contributed by atoms with Gasteiger partial charge in [-0.2, -0.15) is 0 Å². The van der Waals surface area contributed by atoms with Crippen molar-refractivity contribution >= 4 is 0 Å². The summed E-state index contributed by atoms with van der Waals surface area (Å²) in [6.45, 7) is 0. The fourth-order valence-electron chi connectivity index (χ4n) is 0. The van der Waals surface area contributed by atoms with Crippen molar-refractivity contribution in [1.29, 1.82) is 0 Å². The molecule has 40 valence electrons. The zero-order chi connectivity index (χ0) is 0.